The van der Waals surface area contributed by atoms with Crippen LogP contribution >= 0.6 is 11.3 Å². The van der Waals surface area contributed by atoms with Crippen LogP contribution in [0.5, 0.6) is 0 Å². The van der Waals surface area contributed by atoms with Crippen LogP contribution in [0.25, 0.3) is 6.08 Å². The molecule has 0 aliphatic carbocycles. The second-order valence-corrected chi connectivity index (χ2v) is 5.77. The van der Waals surface area contributed by atoms with Gasteiger partial charge in [-0.3, -0.25) is 4.79 Å². The van der Waals surface area contributed by atoms with Crippen LogP contribution in [0.4, 0.5) is 0 Å². The summed E-state index contributed by atoms with van der Waals surface area (Å²) in [7, 11) is 0. The number of piperidine rings is 1. The fourth-order valence-corrected chi connectivity index (χ4v) is 3.44. The fourth-order valence-electron chi connectivity index (χ4n) is 2.81. The van der Waals surface area contributed by atoms with E-state index in [0.29, 0.717) is 6.04 Å². The van der Waals surface area contributed by atoms with Gasteiger partial charge in [-0.2, -0.15) is 11.3 Å². The highest BCUT2D eigenvalue weighted by molar-refractivity contribution is 7.08. The molecule has 0 N–H and O–H groups in total. The predicted molar refractivity (Wildman–Crippen MR) is 74.5 cm³/mol. The van der Waals surface area contributed by atoms with E-state index in [-0.39, 0.29) is 5.91 Å². The molecule has 0 spiro atoms. The van der Waals surface area contributed by atoms with Crippen molar-refractivity contribution in [3.05, 3.63) is 28.5 Å². The van der Waals surface area contributed by atoms with Crippen molar-refractivity contribution < 1.29 is 4.79 Å². The number of thiophene rings is 1. The van der Waals surface area contributed by atoms with Gasteiger partial charge in [-0.15, -0.1) is 0 Å². The van der Waals surface area contributed by atoms with Gasteiger partial charge in [-0.1, -0.05) is 0 Å². The lowest BCUT2D eigenvalue weighted by Gasteiger charge is -2.30. The van der Waals surface area contributed by atoms with Gasteiger partial charge < -0.3 is 9.80 Å². The van der Waals surface area contributed by atoms with E-state index in [1.165, 1.54) is 0 Å². The molecular formula is C14H18N2OS. The van der Waals surface area contributed by atoms with E-state index in [1.807, 2.05) is 17.5 Å². The molecule has 0 aromatic carbocycles. The Hall–Kier alpha value is -1.13. The molecule has 3 nitrogen and oxygen atoms in total. The molecule has 1 amide bonds. The highest BCUT2D eigenvalue weighted by atomic mass is 32.1. The van der Waals surface area contributed by atoms with Crippen LogP contribution in [0, 0.1) is 0 Å². The van der Waals surface area contributed by atoms with E-state index in [2.05, 4.69) is 15.2 Å². The Morgan fingerprint density at radius 3 is 2.83 bits per heavy atom. The summed E-state index contributed by atoms with van der Waals surface area (Å²) in [6.07, 6.45) is 5.93. The molecule has 3 fully saturated rings. The molecule has 1 aromatic rings. The lowest BCUT2D eigenvalue weighted by molar-refractivity contribution is -0.127. The average molecular weight is 262 g/mol. The molecule has 4 rings (SSSR count). The summed E-state index contributed by atoms with van der Waals surface area (Å²) < 4.78 is 0. The summed E-state index contributed by atoms with van der Waals surface area (Å²) in [5.74, 6) is 0.176. The maximum atomic E-state index is 12.3. The number of hydrogen-bond donors (Lipinski definition) is 0. The molecule has 3 saturated heterocycles. The molecule has 0 unspecified atom stereocenters. The van der Waals surface area contributed by atoms with Gasteiger partial charge in [0.25, 0.3) is 0 Å². The summed E-state index contributed by atoms with van der Waals surface area (Å²) >= 11 is 1.66. The van der Waals surface area contributed by atoms with Crippen molar-refractivity contribution in [2.45, 2.75) is 18.9 Å². The van der Waals surface area contributed by atoms with Crippen LogP contribution < -0.4 is 0 Å². The van der Waals surface area contributed by atoms with Crippen LogP contribution in [0.2, 0.25) is 0 Å². The second kappa shape index (κ2) is 5.24. The minimum absolute atomic E-state index is 0.176. The number of amides is 1. The van der Waals surface area contributed by atoms with Gasteiger partial charge in [-0.25, -0.2) is 0 Å². The Bertz CT molecular complexity index is 433. The summed E-state index contributed by atoms with van der Waals surface area (Å²) in [5, 5.41) is 4.09. The minimum Gasteiger partial charge on any atom is -0.335 e. The third kappa shape index (κ3) is 2.49. The zero-order valence-electron chi connectivity index (χ0n) is 10.4. The Balaban J connectivity index is 1.68. The van der Waals surface area contributed by atoms with E-state index < -0.39 is 0 Å². The first kappa shape index (κ1) is 11.9. The van der Waals surface area contributed by atoms with Crippen molar-refractivity contribution in [3.8, 4) is 0 Å². The van der Waals surface area contributed by atoms with Gasteiger partial charge in [0, 0.05) is 38.3 Å². The van der Waals surface area contributed by atoms with Crippen LogP contribution in [0.3, 0.4) is 0 Å². The minimum atomic E-state index is 0.176. The Morgan fingerprint density at radius 1 is 1.28 bits per heavy atom. The Labute approximate surface area is 112 Å². The highest BCUT2D eigenvalue weighted by Crippen LogP contribution is 2.21. The van der Waals surface area contributed by atoms with E-state index >= 15 is 0 Å². The molecule has 4 heterocycles. The molecule has 3 aliphatic rings. The largest absolute Gasteiger partial charge is 0.335 e. The molecule has 96 valence electrons. The van der Waals surface area contributed by atoms with E-state index in [4.69, 9.17) is 0 Å². The average Bonchev–Trinajstić information content (AvgIpc) is 2.75. The monoisotopic (exact) mass is 262 g/mol. The van der Waals surface area contributed by atoms with Crippen molar-refractivity contribution in [3.63, 3.8) is 0 Å². The van der Waals surface area contributed by atoms with Gasteiger partial charge in [-0.05, 0) is 41.3 Å². The molecule has 18 heavy (non-hydrogen) atoms. The SMILES string of the molecule is O=C(C=Cc1ccsc1)N1CCN2CCC1CC2. The second-order valence-electron chi connectivity index (χ2n) is 4.99. The Morgan fingerprint density at radius 2 is 2.11 bits per heavy atom. The summed E-state index contributed by atoms with van der Waals surface area (Å²) in [6.45, 7) is 4.23. The molecule has 0 radical (unpaired) electrons. The quantitative estimate of drug-likeness (QED) is 0.762. The maximum Gasteiger partial charge on any atom is 0.246 e. The van der Waals surface area contributed by atoms with E-state index in [0.717, 1.165) is 44.6 Å². The molecule has 4 heteroatoms. The summed E-state index contributed by atoms with van der Waals surface area (Å²) in [6, 6.07) is 2.50. The summed E-state index contributed by atoms with van der Waals surface area (Å²) in [5.41, 5.74) is 1.12. The normalized spacial score (nSPS) is 27.7. The highest BCUT2D eigenvalue weighted by Gasteiger charge is 2.30. The first-order valence-corrected chi connectivity index (χ1v) is 7.50. The van der Waals surface area contributed by atoms with Crippen LogP contribution in [0.15, 0.2) is 22.9 Å². The first-order valence-electron chi connectivity index (χ1n) is 6.56. The lowest BCUT2D eigenvalue weighted by atomic mass is 10.1. The zero-order chi connectivity index (χ0) is 12.4. The maximum absolute atomic E-state index is 12.3. The molecule has 1 aromatic heterocycles. The zero-order valence-corrected chi connectivity index (χ0v) is 11.2. The van der Waals surface area contributed by atoms with Crippen LogP contribution in [0.1, 0.15) is 18.4 Å². The van der Waals surface area contributed by atoms with Crippen LogP contribution in [-0.4, -0.2) is 47.9 Å². The molecule has 0 saturated carbocycles. The van der Waals surface area contributed by atoms with Crippen molar-refractivity contribution >= 4 is 23.3 Å². The number of rotatable bonds is 2. The number of hydrogen-bond acceptors (Lipinski definition) is 3. The van der Waals surface area contributed by atoms with Crippen molar-refractivity contribution in [1.82, 2.24) is 9.80 Å². The first-order chi connectivity index (χ1) is 8.83. The topological polar surface area (TPSA) is 23.6 Å². The van der Waals surface area contributed by atoms with Gasteiger partial charge in [0.05, 0.1) is 0 Å². The van der Waals surface area contributed by atoms with Crippen molar-refractivity contribution in [1.29, 1.82) is 0 Å². The van der Waals surface area contributed by atoms with Crippen LogP contribution in [-0.2, 0) is 4.79 Å². The Kier molecular flexibility index (Phi) is 3.48. The number of carbonyl (C=O) groups excluding carboxylic acids is 1. The smallest absolute Gasteiger partial charge is 0.246 e. The van der Waals surface area contributed by atoms with Gasteiger partial charge in [0.15, 0.2) is 0 Å². The molecule has 0 atom stereocenters. The number of fused-ring (bicyclic) bond motifs is 4. The lowest BCUT2D eigenvalue weighted by Crippen LogP contribution is -2.40. The fraction of sp³-hybridized carbons (Fsp3) is 0.500. The standard InChI is InChI=1S/C14H18N2OS/c17-14(2-1-12-5-10-18-11-12)16-9-8-15-6-3-13(16)4-7-15/h1-2,5,10-11,13H,3-4,6-9H2. The molecule has 2 bridgehead atoms. The third-order valence-electron chi connectivity index (χ3n) is 3.90. The van der Waals surface area contributed by atoms with Crippen molar-refractivity contribution in [2.24, 2.45) is 0 Å². The number of carbonyl (C=O) groups is 1. The third-order valence-corrected chi connectivity index (χ3v) is 4.60. The van der Waals surface area contributed by atoms with E-state index in [1.54, 1.807) is 17.4 Å². The predicted octanol–water partition coefficient (Wildman–Crippen LogP) is 2.07. The van der Waals surface area contributed by atoms with Gasteiger partial charge >= 0.3 is 0 Å². The molecular weight excluding hydrogens is 244 g/mol. The van der Waals surface area contributed by atoms with Crippen molar-refractivity contribution in [2.75, 3.05) is 26.2 Å². The number of nitrogens with zero attached hydrogens (tertiary/aromatic N) is 2. The van der Waals surface area contributed by atoms with E-state index in [9.17, 15) is 4.79 Å². The van der Waals surface area contributed by atoms with Gasteiger partial charge in [0.2, 0.25) is 5.91 Å². The molecule has 3 aliphatic heterocycles. The summed E-state index contributed by atoms with van der Waals surface area (Å²) in [4.78, 5) is 16.8. The van der Waals surface area contributed by atoms with Gasteiger partial charge in [0.1, 0.15) is 0 Å².